The number of rotatable bonds is 4. The molecule has 18 heavy (non-hydrogen) atoms. The van der Waals surface area contributed by atoms with Gasteiger partial charge in [0.1, 0.15) is 0 Å². The number of carboxylic acid groups (broad SMARTS) is 1. The first-order valence-corrected chi connectivity index (χ1v) is 6.47. The second kappa shape index (κ2) is 5.76. The zero-order chi connectivity index (χ0) is 13.0. The van der Waals surface area contributed by atoms with Gasteiger partial charge in [0.05, 0.1) is 0 Å². The maximum absolute atomic E-state index is 10.5. The number of anilines is 2. The van der Waals surface area contributed by atoms with Crippen LogP contribution in [0.2, 0.25) is 0 Å². The molecule has 0 bridgehead atoms. The van der Waals surface area contributed by atoms with Crippen LogP contribution < -0.4 is 10.6 Å². The van der Waals surface area contributed by atoms with Gasteiger partial charge in [0.25, 0.3) is 0 Å². The van der Waals surface area contributed by atoms with Crippen LogP contribution in [0.5, 0.6) is 0 Å². The molecule has 0 saturated carbocycles. The Balaban J connectivity index is 1.83. The van der Waals surface area contributed by atoms with Crippen molar-refractivity contribution in [1.82, 2.24) is 0 Å². The van der Waals surface area contributed by atoms with Crippen molar-refractivity contribution in [3.63, 3.8) is 0 Å². The van der Waals surface area contributed by atoms with Crippen molar-refractivity contribution in [2.75, 3.05) is 23.7 Å². The van der Waals surface area contributed by atoms with E-state index in [1.165, 1.54) is 5.69 Å². The van der Waals surface area contributed by atoms with Crippen LogP contribution in [-0.4, -0.2) is 24.2 Å². The molecule has 4 nitrogen and oxygen atoms in total. The van der Waals surface area contributed by atoms with E-state index in [-0.39, 0.29) is 0 Å². The highest BCUT2D eigenvalue weighted by atomic mass is 16.4. The van der Waals surface area contributed by atoms with E-state index in [0.717, 1.165) is 38.0 Å². The molecule has 0 spiro atoms. The van der Waals surface area contributed by atoms with Crippen LogP contribution in [0.15, 0.2) is 24.3 Å². The summed E-state index contributed by atoms with van der Waals surface area (Å²) in [6.45, 7) is 2.02. The minimum absolute atomic E-state index is 0.298. The molecule has 1 aliphatic rings. The summed E-state index contributed by atoms with van der Waals surface area (Å²) in [4.78, 5) is 12.9. The number of piperidine rings is 1. The lowest BCUT2D eigenvalue weighted by molar-refractivity contribution is -0.137. The quantitative estimate of drug-likeness (QED) is 0.803. The number of carbonyl (C=O) groups is 1. The lowest BCUT2D eigenvalue weighted by atomic mass is 9.92. The van der Waals surface area contributed by atoms with Gasteiger partial charge in [-0.3, -0.25) is 4.79 Å². The maximum atomic E-state index is 10.5. The zero-order valence-electron chi connectivity index (χ0n) is 10.5. The highest BCUT2D eigenvalue weighted by molar-refractivity contribution is 5.66. The van der Waals surface area contributed by atoms with E-state index < -0.39 is 5.97 Å². The summed E-state index contributed by atoms with van der Waals surface area (Å²) < 4.78 is 0. The van der Waals surface area contributed by atoms with Gasteiger partial charge in [-0.2, -0.15) is 0 Å². The van der Waals surface area contributed by atoms with Crippen LogP contribution in [0.1, 0.15) is 25.7 Å². The van der Waals surface area contributed by atoms with E-state index in [1.807, 2.05) is 24.3 Å². The molecule has 3 N–H and O–H groups in total. The van der Waals surface area contributed by atoms with E-state index in [2.05, 4.69) is 4.90 Å². The summed E-state index contributed by atoms with van der Waals surface area (Å²) in [7, 11) is 0. The molecule has 1 aromatic rings. The zero-order valence-corrected chi connectivity index (χ0v) is 10.5. The van der Waals surface area contributed by atoms with Gasteiger partial charge in [-0.1, -0.05) is 0 Å². The third-order valence-corrected chi connectivity index (χ3v) is 3.64. The Labute approximate surface area is 107 Å². The first-order chi connectivity index (χ1) is 8.65. The van der Waals surface area contributed by atoms with Crippen molar-refractivity contribution in [3.05, 3.63) is 24.3 Å². The average molecular weight is 248 g/mol. The van der Waals surface area contributed by atoms with Gasteiger partial charge < -0.3 is 15.7 Å². The highest BCUT2D eigenvalue weighted by Gasteiger charge is 2.19. The molecule has 0 unspecified atom stereocenters. The summed E-state index contributed by atoms with van der Waals surface area (Å²) in [5, 5.41) is 8.68. The molecule has 2 rings (SSSR count). The summed E-state index contributed by atoms with van der Waals surface area (Å²) in [5.74, 6) is -0.123. The highest BCUT2D eigenvalue weighted by Crippen LogP contribution is 2.26. The third kappa shape index (κ3) is 3.39. The van der Waals surface area contributed by atoms with Gasteiger partial charge in [-0.15, -0.1) is 0 Å². The van der Waals surface area contributed by atoms with Crippen LogP contribution in [-0.2, 0) is 4.79 Å². The number of nitrogen functional groups attached to an aromatic ring is 1. The Morgan fingerprint density at radius 3 is 2.44 bits per heavy atom. The van der Waals surface area contributed by atoms with Crippen molar-refractivity contribution < 1.29 is 9.90 Å². The van der Waals surface area contributed by atoms with Crippen molar-refractivity contribution in [2.24, 2.45) is 5.92 Å². The number of aliphatic carboxylic acids is 1. The summed E-state index contributed by atoms with van der Waals surface area (Å²) in [6.07, 6.45) is 3.27. The largest absolute Gasteiger partial charge is 0.481 e. The topological polar surface area (TPSA) is 66.6 Å². The molecule has 1 fully saturated rings. The van der Waals surface area contributed by atoms with E-state index in [1.54, 1.807) is 0 Å². The fourth-order valence-corrected chi connectivity index (χ4v) is 2.49. The Kier molecular flexibility index (Phi) is 4.07. The minimum Gasteiger partial charge on any atom is -0.481 e. The van der Waals surface area contributed by atoms with E-state index in [9.17, 15) is 4.79 Å². The lowest BCUT2D eigenvalue weighted by Gasteiger charge is -2.33. The molecular weight excluding hydrogens is 228 g/mol. The Bertz CT molecular complexity index is 395. The molecule has 1 heterocycles. The monoisotopic (exact) mass is 248 g/mol. The molecule has 0 aromatic heterocycles. The second-order valence-corrected chi connectivity index (χ2v) is 4.95. The molecule has 0 radical (unpaired) electrons. The molecule has 1 aliphatic heterocycles. The smallest absolute Gasteiger partial charge is 0.303 e. The Hall–Kier alpha value is -1.71. The molecule has 4 heteroatoms. The maximum Gasteiger partial charge on any atom is 0.303 e. The van der Waals surface area contributed by atoms with Gasteiger partial charge in [0, 0.05) is 30.9 Å². The van der Waals surface area contributed by atoms with Gasteiger partial charge in [0.2, 0.25) is 0 Å². The second-order valence-electron chi connectivity index (χ2n) is 4.95. The average Bonchev–Trinajstić information content (AvgIpc) is 2.38. The van der Waals surface area contributed by atoms with Gasteiger partial charge in [0.15, 0.2) is 0 Å². The normalized spacial score (nSPS) is 16.8. The molecule has 1 saturated heterocycles. The molecule has 0 aliphatic carbocycles. The SMILES string of the molecule is Nc1ccc(N2CCC(CCC(=O)O)CC2)cc1. The van der Waals surface area contributed by atoms with Crippen molar-refractivity contribution in [2.45, 2.75) is 25.7 Å². The third-order valence-electron chi connectivity index (χ3n) is 3.64. The number of hydrogen-bond donors (Lipinski definition) is 2. The van der Waals surface area contributed by atoms with Gasteiger partial charge >= 0.3 is 5.97 Å². The predicted molar refractivity (Wildman–Crippen MR) is 72.7 cm³/mol. The Morgan fingerprint density at radius 1 is 1.28 bits per heavy atom. The van der Waals surface area contributed by atoms with Gasteiger partial charge in [-0.25, -0.2) is 0 Å². The molecular formula is C14H20N2O2. The van der Waals surface area contributed by atoms with E-state index >= 15 is 0 Å². The Morgan fingerprint density at radius 2 is 1.89 bits per heavy atom. The standard InChI is InChI=1S/C14H20N2O2/c15-12-2-4-13(5-3-12)16-9-7-11(8-10-16)1-6-14(17)18/h2-5,11H,1,6-10,15H2,(H,17,18). The number of carboxylic acids is 1. The van der Waals surface area contributed by atoms with E-state index in [0.29, 0.717) is 12.3 Å². The summed E-state index contributed by atoms with van der Waals surface area (Å²) in [6, 6.07) is 7.94. The van der Waals surface area contributed by atoms with Crippen LogP contribution in [0.4, 0.5) is 11.4 Å². The van der Waals surface area contributed by atoms with Crippen LogP contribution >= 0.6 is 0 Å². The molecule has 1 aromatic carbocycles. The minimum atomic E-state index is -0.684. The lowest BCUT2D eigenvalue weighted by Crippen LogP contribution is -2.33. The van der Waals surface area contributed by atoms with Crippen molar-refractivity contribution in [3.8, 4) is 0 Å². The van der Waals surface area contributed by atoms with Crippen LogP contribution in [0.25, 0.3) is 0 Å². The van der Waals surface area contributed by atoms with Gasteiger partial charge in [-0.05, 0) is 49.4 Å². The fourth-order valence-electron chi connectivity index (χ4n) is 2.49. The fraction of sp³-hybridized carbons (Fsp3) is 0.500. The van der Waals surface area contributed by atoms with E-state index in [4.69, 9.17) is 10.8 Å². The number of hydrogen-bond acceptors (Lipinski definition) is 3. The molecule has 0 amide bonds. The predicted octanol–water partition coefficient (Wildman–Crippen LogP) is 2.35. The van der Waals surface area contributed by atoms with Crippen molar-refractivity contribution >= 4 is 17.3 Å². The number of benzene rings is 1. The first kappa shape index (κ1) is 12.7. The van der Waals surface area contributed by atoms with Crippen molar-refractivity contribution in [1.29, 1.82) is 0 Å². The summed E-state index contributed by atoms with van der Waals surface area (Å²) in [5.41, 5.74) is 7.67. The number of nitrogens with zero attached hydrogens (tertiary/aromatic N) is 1. The molecule has 0 atom stereocenters. The van der Waals surface area contributed by atoms with Crippen LogP contribution in [0.3, 0.4) is 0 Å². The number of nitrogens with two attached hydrogens (primary N) is 1. The molecule has 98 valence electrons. The van der Waals surface area contributed by atoms with Crippen LogP contribution in [0, 0.1) is 5.92 Å². The summed E-state index contributed by atoms with van der Waals surface area (Å²) >= 11 is 0. The first-order valence-electron chi connectivity index (χ1n) is 6.47.